The summed E-state index contributed by atoms with van der Waals surface area (Å²) in [6.45, 7) is 1.80. The molecule has 0 radical (unpaired) electrons. The summed E-state index contributed by atoms with van der Waals surface area (Å²) in [5.74, 6) is -0.187. The van der Waals surface area contributed by atoms with Crippen molar-refractivity contribution in [2.24, 2.45) is 5.73 Å². The van der Waals surface area contributed by atoms with Gasteiger partial charge in [0.2, 0.25) is 0 Å². The smallest absolute Gasteiger partial charge is 0.147 e. The molecule has 2 N–H and O–H groups in total. The summed E-state index contributed by atoms with van der Waals surface area (Å²) in [7, 11) is -2.95. The van der Waals surface area contributed by atoms with Crippen molar-refractivity contribution >= 4 is 9.84 Å². The summed E-state index contributed by atoms with van der Waals surface area (Å²) in [4.78, 5) is 0. The molecule has 0 spiro atoms. The molecule has 1 atom stereocenters. The van der Waals surface area contributed by atoms with E-state index in [1.54, 1.807) is 6.92 Å². The second-order valence-corrected chi connectivity index (χ2v) is 6.70. The predicted octanol–water partition coefficient (Wildman–Crippen LogP) is 1.96. The minimum atomic E-state index is -2.95. The molecule has 1 aromatic rings. The Morgan fingerprint density at radius 2 is 2.00 bits per heavy atom. The van der Waals surface area contributed by atoms with Crippen molar-refractivity contribution in [1.82, 2.24) is 0 Å². The van der Waals surface area contributed by atoms with Crippen molar-refractivity contribution < 1.29 is 12.8 Å². The Hall–Kier alpha value is -0.940. The van der Waals surface area contributed by atoms with Crippen LogP contribution in [0.5, 0.6) is 0 Å². The molecular formula is C12H18FNO2S. The molecule has 17 heavy (non-hydrogen) atoms. The Balaban J connectivity index is 2.61. The molecule has 1 aromatic carbocycles. The van der Waals surface area contributed by atoms with Gasteiger partial charge in [0, 0.05) is 18.1 Å². The fraction of sp³-hybridized carbons (Fsp3) is 0.500. The minimum Gasteiger partial charge on any atom is -0.324 e. The topological polar surface area (TPSA) is 60.2 Å². The first-order valence-corrected chi connectivity index (χ1v) is 7.54. The van der Waals surface area contributed by atoms with Gasteiger partial charge in [-0.05, 0) is 43.0 Å². The van der Waals surface area contributed by atoms with Crippen LogP contribution in [0.3, 0.4) is 0 Å². The monoisotopic (exact) mass is 259 g/mol. The third-order valence-electron chi connectivity index (χ3n) is 2.52. The van der Waals surface area contributed by atoms with Gasteiger partial charge in [0.1, 0.15) is 15.7 Å². The van der Waals surface area contributed by atoms with Crippen molar-refractivity contribution in [2.75, 3.05) is 12.0 Å². The number of hydrogen-bond donors (Lipinski definition) is 1. The van der Waals surface area contributed by atoms with Crippen LogP contribution in [0.4, 0.5) is 4.39 Å². The van der Waals surface area contributed by atoms with Gasteiger partial charge in [-0.3, -0.25) is 0 Å². The molecule has 0 heterocycles. The maximum absolute atomic E-state index is 13.1. The third-order valence-corrected chi connectivity index (χ3v) is 3.55. The number of sulfone groups is 1. The molecule has 1 unspecified atom stereocenters. The van der Waals surface area contributed by atoms with Crippen LogP contribution in [-0.4, -0.2) is 20.4 Å². The molecule has 5 heteroatoms. The van der Waals surface area contributed by atoms with Gasteiger partial charge in [0.15, 0.2) is 0 Å². The molecule has 0 fully saturated rings. The zero-order valence-corrected chi connectivity index (χ0v) is 10.9. The predicted molar refractivity (Wildman–Crippen MR) is 67.0 cm³/mol. The summed E-state index contributed by atoms with van der Waals surface area (Å²) in [6.07, 6.45) is 2.23. The first-order chi connectivity index (χ1) is 7.78. The van der Waals surface area contributed by atoms with E-state index in [-0.39, 0.29) is 17.6 Å². The molecule has 3 nitrogen and oxygen atoms in total. The van der Waals surface area contributed by atoms with E-state index in [0.717, 1.165) is 11.1 Å². The fourth-order valence-electron chi connectivity index (χ4n) is 1.71. The van der Waals surface area contributed by atoms with Gasteiger partial charge < -0.3 is 5.73 Å². The average Bonchev–Trinajstić information content (AvgIpc) is 2.13. The Kier molecular flexibility index (Phi) is 4.65. The highest BCUT2D eigenvalue weighted by molar-refractivity contribution is 7.90. The van der Waals surface area contributed by atoms with E-state index in [2.05, 4.69) is 0 Å². The first kappa shape index (κ1) is 14.1. The zero-order chi connectivity index (χ0) is 13.1. The van der Waals surface area contributed by atoms with Gasteiger partial charge in [-0.1, -0.05) is 6.07 Å². The molecule has 96 valence electrons. The Morgan fingerprint density at radius 3 is 2.53 bits per heavy atom. The molecule has 0 aromatic heterocycles. The zero-order valence-electron chi connectivity index (χ0n) is 10.1. The lowest BCUT2D eigenvalue weighted by molar-refractivity contribution is 0.583. The lowest BCUT2D eigenvalue weighted by atomic mass is 10.0. The van der Waals surface area contributed by atoms with Crippen LogP contribution >= 0.6 is 0 Å². The second kappa shape index (κ2) is 5.60. The molecule has 0 aliphatic carbocycles. The summed E-state index contributed by atoms with van der Waals surface area (Å²) in [5, 5.41) is 0. The molecule has 0 amide bonds. The molecule has 1 rings (SSSR count). The number of benzene rings is 1. The summed E-state index contributed by atoms with van der Waals surface area (Å²) >= 11 is 0. The average molecular weight is 259 g/mol. The second-order valence-electron chi connectivity index (χ2n) is 4.44. The number of nitrogens with two attached hydrogens (primary N) is 1. The van der Waals surface area contributed by atoms with E-state index in [9.17, 15) is 12.8 Å². The van der Waals surface area contributed by atoms with Crippen molar-refractivity contribution in [2.45, 2.75) is 25.8 Å². The van der Waals surface area contributed by atoms with Crippen LogP contribution in [-0.2, 0) is 9.84 Å². The highest BCUT2D eigenvalue weighted by Gasteiger charge is 2.10. The third kappa shape index (κ3) is 5.28. The lowest BCUT2D eigenvalue weighted by Crippen LogP contribution is -2.13. The molecule has 0 bridgehead atoms. The SMILES string of the molecule is Cc1cc(F)cc(C(N)CCCS(C)(=O)=O)c1. The van der Waals surface area contributed by atoms with E-state index < -0.39 is 9.84 Å². The number of hydrogen-bond acceptors (Lipinski definition) is 3. The van der Waals surface area contributed by atoms with E-state index in [1.807, 2.05) is 6.07 Å². The van der Waals surface area contributed by atoms with Gasteiger partial charge in [0.05, 0.1) is 0 Å². The van der Waals surface area contributed by atoms with E-state index >= 15 is 0 Å². The maximum atomic E-state index is 13.1. The van der Waals surface area contributed by atoms with Crippen molar-refractivity contribution in [3.8, 4) is 0 Å². The molecular weight excluding hydrogens is 241 g/mol. The maximum Gasteiger partial charge on any atom is 0.147 e. The van der Waals surface area contributed by atoms with Crippen LogP contribution in [0.15, 0.2) is 18.2 Å². The van der Waals surface area contributed by atoms with Gasteiger partial charge in [0.25, 0.3) is 0 Å². The van der Waals surface area contributed by atoms with Crippen LogP contribution < -0.4 is 5.73 Å². The van der Waals surface area contributed by atoms with Crippen molar-refractivity contribution in [3.05, 3.63) is 35.1 Å². The van der Waals surface area contributed by atoms with Crippen molar-refractivity contribution in [1.29, 1.82) is 0 Å². The van der Waals surface area contributed by atoms with E-state index in [4.69, 9.17) is 5.73 Å². The Morgan fingerprint density at radius 1 is 1.35 bits per heavy atom. The van der Waals surface area contributed by atoms with Gasteiger partial charge in [-0.15, -0.1) is 0 Å². The van der Waals surface area contributed by atoms with E-state index in [0.29, 0.717) is 12.8 Å². The highest BCUT2D eigenvalue weighted by Crippen LogP contribution is 2.18. The largest absolute Gasteiger partial charge is 0.324 e. The standard InChI is InChI=1S/C12H18FNO2S/c1-9-6-10(8-11(13)7-9)12(14)4-3-5-17(2,15)16/h6-8,12H,3-5,14H2,1-2H3. The summed E-state index contributed by atoms with van der Waals surface area (Å²) in [6, 6.07) is 4.35. The van der Waals surface area contributed by atoms with Crippen molar-refractivity contribution in [3.63, 3.8) is 0 Å². The fourth-order valence-corrected chi connectivity index (χ4v) is 2.40. The molecule has 0 saturated carbocycles. The Bertz CT molecular complexity index is 465. The minimum absolute atomic E-state index is 0.120. The van der Waals surface area contributed by atoms with Crippen LogP contribution in [0.25, 0.3) is 0 Å². The van der Waals surface area contributed by atoms with Gasteiger partial charge in [-0.2, -0.15) is 0 Å². The quantitative estimate of drug-likeness (QED) is 0.879. The number of rotatable bonds is 5. The van der Waals surface area contributed by atoms with Gasteiger partial charge in [-0.25, -0.2) is 12.8 Å². The lowest BCUT2D eigenvalue weighted by Gasteiger charge is -2.12. The highest BCUT2D eigenvalue weighted by atomic mass is 32.2. The van der Waals surface area contributed by atoms with Crippen LogP contribution in [0.2, 0.25) is 0 Å². The molecule has 0 aliphatic rings. The van der Waals surface area contributed by atoms with E-state index in [1.165, 1.54) is 18.4 Å². The normalized spacial score (nSPS) is 13.6. The number of aryl methyl sites for hydroxylation is 1. The summed E-state index contributed by atoms with van der Waals surface area (Å²) < 4.78 is 35.1. The molecule has 0 aliphatic heterocycles. The van der Waals surface area contributed by atoms with Crippen LogP contribution in [0.1, 0.15) is 30.0 Å². The molecule has 0 saturated heterocycles. The van der Waals surface area contributed by atoms with Crippen LogP contribution in [0, 0.1) is 12.7 Å². The first-order valence-electron chi connectivity index (χ1n) is 5.48. The van der Waals surface area contributed by atoms with Gasteiger partial charge >= 0.3 is 0 Å². The number of halogens is 1. The summed E-state index contributed by atoms with van der Waals surface area (Å²) in [5.41, 5.74) is 7.44. The Labute approximate surface area is 102 Å².